The van der Waals surface area contributed by atoms with Crippen LogP contribution >= 0.6 is 0 Å². The number of hydrogen-bond acceptors (Lipinski definition) is 1. The SMILES string of the molecule is C/C=C/C=C\C=C/C=C(\NC)c1ccccc1. The van der Waals surface area contributed by atoms with Gasteiger partial charge >= 0.3 is 0 Å². The van der Waals surface area contributed by atoms with Crippen molar-refractivity contribution in [1.82, 2.24) is 5.32 Å². The Bertz CT molecular complexity index is 422. The summed E-state index contributed by atoms with van der Waals surface area (Å²) in [6, 6.07) is 10.3. The predicted molar refractivity (Wildman–Crippen MR) is 76.6 cm³/mol. The Balaban J connectivity index is 2.68. The van der Waals surface area contributed by atoms with E-state index < -0.39 is 0 Å². The molecule has 0 amide bonds. The summed E-state index contributed by atoms with van der Waals surface area (Å²) >= 11 is 0. The average molecular weight is 225 g/mol. The minimum atomic E-state index is 1.11. The summed E-state index contributed by atoms with van der Waals surface area (Å²) in [5.41, 5.74) is 2.30. The van der Waals surface area contributed by atoms with Crippen LogP contribution in [0.2, 0.25) is 0 Å². The first-order valence-corrected chi connectivity index (χ1v) is 5.78. The lowest BCUT2D eigenvalue weighted by Gasteiger charge is -2.04. The van der Waals surface area contributed by atoms with E-state index in [-0.39, 0.29) is 0 Å². The standard InChI is InChI=1S/C16H19N/c1-3-4-5-6-7-11-14-16(17-2)15-12-9-8-10-13-15/h3-14,17H,1-2H3/b4-3+,6-5-,11-7-,16-14-. The third-order valence-electron chi connectivity index (χ3n) is 2.25. The van der Waals surface area contributed by atoms with Gasteiger partial charge in [0, 0.05) is 12.7 Å². The van der Waals surface area contributed by atoms with Crippen LogP contribution in [0.4, 0.5) is 0 Å². The number of nitrogens with one attached hydrogen (secondary N) is 1. The maximum atomic E-state index is 3.19. The second-order valence-corrected chi connectivity index (χ2v) is 3.49. The van der Waals surface area contributed by atoms with Crippen LogP contribution in [0.1, 0.15) is 12.5 Å². The Labute approximate surface area is 104 Å². The van der Waals surface area contributed by atoms with E-state index in [4.69, 9.17) is 0 Å². The van der Waals surface area contributed by atoms with Crippen LogP contribution in [0.5, 0.6) is 0 Å². The number of hydrogen-bond donors (Lipinski definition) is 1. The molecule has 1 heteroatoms. The smallest absolute Gasteiger partial charge is 0.0411 e. The van der Waals surface area contributed by atoms with E-state index in [1.54, 1.807) is 0 Å². The normalized spacial score (nSPS) is 12.9. The Morgan fingerprint density at radius 3 is 2.24 bits per heavy atom. The molecule has 0 spiro atoms. The van der Waals surface area contributed by atoms with Crippen LogP contribution in [-0.2, 0) is 0 Å². The highest BCUT2D eigenvalue weighted by Crippen LogP contribution is 2.09. The molecule has 1 aromatic rings. The lowest BCUT2D eigenvalue weighted by molar-refractivity contribution is 1.13. The molecule has 0 fully saturated rings. The summed E-state index contributed by atoms with van der Waals surface area (Å²) in [7, 11) is 1.93. The van der Waals surface area contributed by atoms with Crippen molar-refractivity contribution in [3.63, 3.8) is 0 Å². The summed E-state index contributed by atoms with van der Waals surface area (Å²) in [5, 5.41) is 3.19. The second kappa shape index (κ2) is 8.17. The summed E-state index contributed by atoms with van der Waals surface area (Å²) < 4.78 is 0. The fourth-order valence-electron chi connectivity index (χ4n) is 1.40. The lowest BCUT2D eigenvalue weighted by atomic mass is 10.1. The molecule has 0 bridgehead atoms. The highest BCUT2D eigenvalue weighted by atomic mass is 14.8. The Morgan fingerprint density at radius 1 is 0.941 bits per heavy atom. The molecule has 0 aromatic heterocycles. The van der Waals surface area contributed by atoms with E-state index in [2.05, 4.69) is 23.5 Å². The zero-order chi connectivity index (χ0) is 12.3. The highest BCUT2D eigenvalue weighted by Gasteiger charge is 1.94. The van der Waals surface area contributed by atoms with Gasteiger partial charge in [-0.2, -0.15) is 0 Å². The lowest BCUT2D eigenvalue weighted by Crippen LogP contribution is -2.03. The van der Waals surface area contributed by atoms with Crippen molar-refractivity contribution in [3.8, 4) is 0 Å². The first kappa shape index (κ1) is 13.0. The molecule has 1 N–H and O–H groups in total. The Kier molecular flexibility index (Phi) is 6.27. The maximum Gasteiger partial charge on any atom is 0.0411 e. The van der Waals surface area contributed by atoms with E-state index in [1.807, 2.05) is 68.6 Å². The van der Waals surface area contributed by atoms with Gasteiger partial charge in [0.2, 0.25) is 0 Å². The third-order valence-corrected chi connectivity index (χ3v) is 2.25. The van der Waals surface area contributed by atoms with Gasteiger partial charge in [0.1, 0.15) is 0 Å². The predicted octanol–water partition coefficient (Wildman–Crippen LogP) is 3.94. The van der Waals surface area contributed by atoms with Crippen molar-refractivity contribution in [2.75, 3.05) is 7.05 Å². The molecular formula is C16H19N. The summed E-state index contributed by atoms with van der Waals surface area (Å²) in [4.78, 5) is 0. The molecular weight excluding hydrogens is 206 g/mol. The molecule has 0 aliphatic carbocycles. The maximum absolute atomic E-state index is 3.19. The van der Waals surface area contributed by atoms with Crippen molar-refractivity contribution in [1.29, 1.82) is 0 Å². The van der Waals surface area contributed by atoms with Gasteiger partial charge in [0.05, 0.1) is 0 Å². The van der Waals surface area contributed by atoms with E-state index in [1.165, 1.54) is 5.56 Å². The van der Waals surface area contributed by atoms with Crippen LogP contribution in [0, 0.1) is 0 Å². The number of rotatable bonds is 5. The van der Waals surface area contributed by atoms with E-state index in [0.29, 0.717) is 0 Å². The molecule has 1 aromatic carbocycles. The number of benzene rings is 1. The first-order valence-electron chi connectivity index (χ1n) is 5.78. The van der Waals surface area contributed by atoms with Crippen molar-refractivity contribution in [2.24, 2.45) is 0 Å². The fourth-order valence-corrected chi connectivity index (χ4v) is 1.40. The Morgan fingerprint density at radius 2 is 1.59 bits per heavy atom. The quantitative estimate of drug-likeness (QED) is 0.748. The largest absolute Gasteiger partial charge is 0.388 e. The molecule has 0 unspecified atom stereocenters. The molecule has 0 saturated heterocycles. The molecule has 0 heterocycles. The summed E-state index contributed by atoms with van der Waals surface area (Å²) in [6.07, 6.45) is 14.1. The fraction of sp³-hybridized carbons (Fsp3) is 0.125. The first-order chi connectivity index (χ1) is 8.38. The van der Waals surface area contributed by atoms with E-state index in [9.17, 15) is 0 Å². The van der Waals surface area contributed by atoms with Gasteiger partial charge in [0.25, 0.3) is 0 Å². The van der Waals surface area contributed by atoms with Crippen LogP contribution in [0.25, 0.3) is 5.70 Å². The van der Waals surface area contributed by atoms with Crippen LogP contribution in [0.15, 0.2) is 72.9 Å². The molecule has 88 valence electrons. The third kappa shape index (κ3) is 5.03. The Hall–Kier alpha value is -2.02. The molecule has 0 aliphatic rings. The van der Waals surface area contributed by atoms with Crippen molar-refractivity contribution in [2.45, 2.75) is 6.92 Å². The molecule has 0 aliphatic heterocycles. The van der Waals surface area contributed by atoms with Gasteiger partial charge in [0.15, 0.2) is 0 Å². The second-order valence-electron chi connectivity index (χ2n) is 3.49. The highest BCUT2D eigenvalue weighted by molar-refractivity contribution is 5.65. The monoisotopic (exact) mass is 225 g/mol. The van der Waals surface area contributed by atoms with Crippen LogP contribution in [-0.4, -0.2) is 7.05 Å². The van der Waals surface area contributed by atoms with Crippen LogP contribution in [0.3, 0.4) is 0 Å². The minimum absolute atomic E-state index is 1.11. The molecule has 17 heavy (non-hydrogen) atoms. The van der Waals surface area contributed by atoms with E-state index >= 15 is 0 Å². The zero-order valence-corrected chi connectivity index (χ0v) is 10.4. The van der Waals surface area contributed by atoms with Gasteiger partial charge in [-0.15, -0.1) is 0 Å². The van der Waals surface area contributed by atoms with Gasteiger partial charge in [-0.25, -0.2) is 0 Å². The zero-order valence-electron chi connectivity index (χ0n) is 10.4. The van der Waals surface area contributed by atoms with Gasteiger partial charge < -0.3 is 5.32 Å². The van der Waals surface area contributed by atoms with Crippen LogP contribution < -0.4 is 5.32 Å². The molecule has 0 radical (unpaired) electrons. The van der Waals surface area contributed by atoms with Crippen molar-refractivity contribution >= 4 is 5.70 Å². The number of allylic oxidation sites excluding steroid dienone is 7. The van der Waals surface area contributed by atoms with Crippen molar-refractivity contribution < 1.29 is 0 Å². The van der Waals surface area contributed by atoms with Crippen molar-refractivity contribution in [3.05, 3.63) is 78.4 Å². The molecule has 1 nitrogen and oxygen atoms in total. The molecule has 1 rings (SSSR count). The minimum Gasteiger partial charge on any atom is -0.388 e. The van der Waals surface area contributed by atoms with Gasteiger partial charge in [-0.1, -0.05) is 66.8 Å². The van der Waals surface area contributed by atoms with Gasteiger partial charge in [-0.05, 0) is 18.6 Å². The average Bonchev–Trinajstić information content (AvgIpc) is 2.39. The van der Waals surface area contributed by atoms with Gasteiger partial charge in [-0.3, -0.25) is 0 Å². The van der Waals surface area contributed by atoms with E-state index in [0.717, 1.165) is 5.70 Å². The summed E-state index contributed by atoms with van der Waals surface area (Å²) in [6.45, 7) is 2.00. The summed E-state index contributed by atoms with van der Waals surface area (Å²) in [5.74, 6) is 0. The molecule has 0 saturated carbocycles. The molecule has 0 atom stereocenters. The topological polar surface area (TPSA) is 12.0 Å².